The zero-order valence-corrected chi connectivity index (χ0v) is 11.7. The van der Waals surface area contributed by atoms with E-state index in [4.69, 9.17) is 0 Å². The monoisotopic (exact) mass is 308 g/mol. The van der Waals surface area contributed by atoms with Crippen molar-refractivity contribution in [3.63, 3.8) is 0 Å². The third-order valence-electron chi connectivity index (χ3n) is 3.82. The SMILES string of the molecule is OC(c1c[nH]c2cc(Br)ccc12)C1CCNCC1. The van der Waals surface area contributed by atoms with Crippen molar-refractivity contribution in [2.75, 3.05) is 13.1 Å². The third-order valence-corrected chi connectivity index (χ3v) is 4.32. The summed E-state index contributed by atoms with van der Waals surface area (Å²) in [4.78, 5) is 3.24. The highest BCUT2D eigenvalue weighted by molar-refractivity contribution is 9.10. The molecule has 1 unspecified atom stereocenters. The maximum Gasteiger partial charge on any atom is 0.0839 e. The summed E-state index contributed by atoms with van der Waals surface area (Å²) in [5.74, 6) is 0.369. The van der Waals surface area contributed by atoms with Gasteiger partial charge in [-0.05, 0) is 44.0 Å². The number of benzene rings is 1. The lowest BCUT2D eigenvalue weighted by Crippen LogP contribution is -2.30. The number of nitrogens with one attached hydrogen (secondary N) is 2. The second kappa shape index (κ2) is 5.03. The van der Waals surface area contributed by atoms with Crippen LogP contribution in [0.3, 0.4) is 0 Å². The fraction of sp³-hybridized carbons (Fsp3) is 0.429. The first-order valence-corrected chi connectivity index (χ1v) is 7.20. The zero-order chi connectivity index (χ0) is 12.5. The molecule has 3 nitrogen and oxygen atoms in total. The summed E-state index contributed by atoms with van der Waals surface area (Å²) in [6.07, 6.45) is 3.68. The summed E-state index contributed by atoms with van der Waals surface area (Å²) in [6, 6.07) is 6.14. The van der Waals surface area contributed by atoms with Gasteiger partial charge in [0.2, 0.25) is 0 Å². The summed E-state index contributed by atoms with van der Waals surface area (Å²) in [5, 5.41) is 15.0. The molecule has 4 heteroatoms. The summed E-state index contributed by atoms with van der Waals surface area (Å²) >= 11 is 3.46. The fourth-order valence-electron chi connectivity index (χ4n) is 2.78. The molecule has 3 N–H and O–H groups in total. The number of fused-ring (bicyclic) bond motifs is 1. The number of hydrogen-bond donors (Lipinski definition) is 3. The molecule has 1 aromatic heterocycles. The third kappa shape index (κ3) is 2.20. The molecule has 1 saturated heterocycles. The summed E-state index contributed by atoms with van der Waals surface area (Å²) in [7, 11) is 0. The van der Waals surface area contributed by atoms with Gasteiger partial charge in [0.05, 0.1) is 6.10 Å². The number of H-pyrrole nitrogens is 1. The zero-order valence-electron chi connectivity index (χ0n) is 10.1. The van der Waals surface area contributed by atoms with Crippen LogP contribution >= 0.6 is 15.9 Å². The van der Waals surface area contributed by atoms with Gasteiger partial charge in [-0.1, -0.05) is 22.0 Å². The van der Waals surface area contributed by atoms with Crippen molar-refractivity contribution < 1.29 is 5.11 Å². The van der Waals surface area contributed by atoms with E-state index in [2.05, 4.69) is 32.3 Å². The van der Waals surface area contributed by atoms with Crippen LogP contribution in [-0.4, -0.2) is 23.2 Å². The lowest BCUT2D eigenvalue weighted by atomic mass is 9.88. The molecule has 0 saturated carbocycles. The molecule has 0 bridgehead atoms. The Balaban J connectivity index is 1.93. The van der Waals surface area contributed by atoms with E-state index in [1.54, 1.807) is 0 Å². The van der Waals surface area contributed by atoms with Crippen LogP contribution in [0.15, 0.2) is 28.9 Å². The van der Waals surface area contributed by atoms with E-state index in [9.17, 15) is 5.11 Å². The van der Waals surface area contributed by atoms with Crippen LogP contribution in [0.4, 0.5) is 0 Å². The van der Waals surface area contributed by atoms with E-state index in [1.165, 1.54) is 0 Å². The Hall–Kier alpha value is -0.840. The first-order valence-electron chi connectivity index (χ1n) is 6.41. The molecular formula is C14H17BrN2O. The van der Waals surface area contributed by atoms with E-state index in [0.29, 0.717) is 5.92 Å². The molecule has 0 amide bonds. The van der Waals surface area contributed by atoms with E-state index in [0.717, 1.165) is 46.9 Å². The standard InChI is InChI=1S/C14H17BrN2O/c15-10-1-2-11-12(8-17-13(11)7-10)14(18)9-3-5-16-6-4-9/h1-2,7-9,14,16-18H,3-6H2. The molecule has 1 atom stereocenters. The first kappa shape index (κ1) is 12.2. The molecule has 0 spiro atoms. The van der Waals surface area contributed by atoms with Crippen molar-refractivity contribution in [1.29, 1.82) is 0 Å². The Bertz CT molecular complexity index is 546. The van der Waals surface area contributed by atoms with Crippen molar-refractivity contribution in [3.8, 4) is 0 Å². The molecule has 2 aromatic rings. The van der Waals surface area contributed by atoms with Crippen molar-refractivity contribution in [1.82, 2.24) is 10.3 Å². The first-order chi connectivity index (χ1) is 8.75. The van der Waals surface area contributed by atoms with E-state index in [1.807, 2.05) is 18.3 Å². The molecule has 18 heavy (non-hydrogen) atoms. The minimum absolute atomic E-state index is 0.359. The van der Waals surface area contributed by atoms with Crippen LogP contribution in [0.2, 0.25) is 0 Å². The number of rotatable bonds is 2. The maximum absolute atomic E-state index is 10.5. The highest BCUT2D eigenvalue weighted by Crippen LogP contribution is 2.33. The number of aliphatic hydroxyl groups is 1. The molecule has 1 aliphatic rings. The minimum atomic E-state index is -0.359. The van der Waals surface area contributed by atoms with Crippen molar-refractivity contribution in [2.45, 2.75) is 18.9 Å². The molecule has 2 heterocycles. The summed E-state index contributed by atoms with van der Waals surface area (Å²) in [5.41, 5.74) is 2.11. The van der Waals surface area contributed by atoms with Crippen molar-refractivity contribution in [3.05, 3.63) is 34.4 Å². The molecular weight excluding hydrogens is 292 g/mol. The number of aromatic nitrogens is 1. The average molecular weight is 309 g/mol. The van der Waals surface area contributed by atoms with Crippen LogP contribution in [0, 0.1) is 5.92 Å². The van der Waals surface area contributed by atoms with Gasteiger partial charge >= 0.3 is 0 Å². The lowest BCUT2D eigenvalue weighted by molar-refractivity contribution is 0.0902. The molecule has 1 fully saturated rings. The van der Waals surface area contributed by atoms with E-state index in [-0.39, 0.29) is 6.10 Å². The van der Waals surface area contributed by atoms with Crippen LogP contribution in [-0.2, 0) is 0 Å². The highest BCUT2D eigenvalue weighted by atomic mass is 79.9. The molecule has 1 aromatic carbocycles. The second-order valence-corrected chi connectivity index (χ2v) is 5.88. The summed E-state index contributed by atoms with van der Waals surface area (Å²) in [6.45, 7) is 2.02. The number of aromatic amines is 1. The van der Waals surface area contributed by atoms with Gasteiger partial charge in [-0.15, -0.1) is 0 Å². The van der Waals surface area contributed by atoms with Crippen molar-refractivity contribution >= 4 is 26.8 Å². The van der Waals surface area contributed by atoms with Gasteiger partial charge in [0.15, 0.2) is 0 Å². The van der Waals surface area contributed by atoms with E-state index < -0.39 is 0 Å². The lowest BCUT2D eigenvalue weighted by Gasteiger charge is -2.27. The van der Waals surface area contributed by atoms with E-state index >= 15 is 0 Å². The Kier molecular flexibility index (Phi) is 3.41. The van der Waals surface area contributed by atoms with Gasteiger partial charge in [-0.3, -0.25) is 0 Å². The van der Waals surface area contributed by atoms with Gasteiger partial charge < -0.3 is 15.4 Å². The Morgan fingerprint density at radius 1 is 1.28 bits per heavy atom. The van der Waals surface area contributed by atoms with Crippen LogP contribution in [0.1, 0.15) is 24.5 Å². The highest BCUT2D eigenvalue weighted by Gasteiger charge is 2.24. The smallest absolute Gasteiger partial charge is 0.0839 e. The fourth-order valence-corrected chi connectivity index (χ4v) is 3.14. The Labute approximate surface area is 115 Å². The number of halogens is 1. The quantitative estimate of drug-likeness (QED) is 0.799. The van der Waals surface area contributed by atoms with Gasteiger partial charge in [-0.2, -0.15) is 0 Å². The van der Waals surface area contributed by atoms with Gasteiger partial charge in [0.1, 0.15) is 0 Å². The van der Waals surface area contributed by atoms with Crippen LogP contribution < -0.4 is 5.32 Å². The minimum Gasteiger partial charge on any atom is -0.388 e. The summed E-state index contributed by atoms with van der Waals surface area (Å²) < 4.78 is 1.06. The number of hydrogen-bond acceptors (Lipinski definition) is 2. The van der Waals surface area contributed by atoms with Crippen LogP contribution in [0.25, 0.3) is 10.9 Å². The van der Waals surface area contributed by atoms with Gasteiger partial charge in [0.25, 0.3) is 0 Å². The molecule has 3 rings (SSSR count). The average Bonchev–Trinajstić information content (AvgIpc) is 2.81. The van der Waals surface area contributed by atoms with Crippen molar-refractivity contribution in [2.24, 2.45) is 5.92 Å². The largest absolute Gasteiger partial charge is 0.388 e. The predicted octanol–water partition coefficient (Wildman–Crippen LogP) is 2.96. The normalized spacial score (nSPS) is 19.2. The molecule has 96 valence electrons. The predicted molar refractivity (Wildman–Crippen MR) is 76.6 cm³/mol. The van der Waals surface area contributed by atoms with Crippen LogP contribution in [0.5, 0.6) is 0 Å². The second-order valence-electron chi connectivity index (χ2n) is 4.97. The van der Waals surface area contributed by atoms with Gasteiger partial charge in [0, 0.05) is 27.1 Å². The Morgan fingerprint density at radius 2 is 2.06 bits per heavy atom. The number of aliphatic hydroxyl groups excluding tert-OH is 1. The molecule has 0 radical (unpaired) electrons. The maximum atomic E-state index is 10.5. The number of piperidine rings is 1. The topological polar surface area (TPSA) is 48.0 Å². The van der Waals surface area contributed by atoms with Gasteiger partial charge in [-0.25, -0.2) is 0 Å². The molecule has 0 aliphatic carbocycles. The molecule has 1 aliphatic heterocycles. The Morgan fingerprint density at radius 3 is 2.83 bits per heavy atom.